The van der Waals surface area contributed by atoms with Crippen LogP contribution in [0.25, 0.3) is 11.3 Å². The minimum Gasteiger partial charge on any atom is -0.467 e. The lowest BCUT2D eigenvalue weighted by Crippen LogP contribution is -2.51. The van der Waals surface area contributed by atoms with E-state index in [9.17, 15) is 32.3 Å². The zero-order valence-corrected chi connectivity index (χ0v) is 31.3. The first-order valence-electron chi connectivity index (χ1n) is 16.0. The number of alkyl carbamates (subject to hydrolysis) is 1. The van der Waals surface area contributed by atoms with Crippen molar-refractivity contribution in [3.8, 4) is 11.3 Å². The van der Waals surface area contributed by atoms with Gasteiger partial charge in [0.1, 0.15) is 24.2 Å². The number of nitrogens with one attached hydrogen (secondary N) is 2. The van der Waals surface area contributed by atoms with Gasteiger partial charge < -0.3 is 28.8 Å². The molecule has 2 aromatic rings. The van der Waals surface area contributed by atoms with Gasteiger partial charge in [-0.3, -0.25) is 15.0 Å². The second-order valence-electron chi connectivity index (χ2n) is 13.6. The molecule has 0 unspecified atom stereocenters. The molecule has 0 spiro atoms. The SMILES string of the molecule is C=CC[C@H](NC(=O)OC(C)(C)C)c1nc(-c2ccc(NC(=O)OC)cc2N(C(=O)C(F)(F)F)[C@H](CC=C)C(=O)OC)cn1COCC[Si](C)(C)C. The zero-order chi connectivity index (χ0) is 38.7. The molecule has 0 bridgehead atoms. The Morgan fingerprint density at radius 3 is 2.20 bits per heavy atom. The van der Waals surface area contributed by atoms with Gasteiger partial charge in [-0.2, -0.15) is 13.2 Å². The number of ether oxygens (including phenoxy) is 4. The molecule has 1 heterocycles. The Hall–Kier alpha value is -4.64. The van der Waals surface area contributed by atoms with E-state index in [-0.39, 0.29) is 40.8 Å². The molecule has 0 aliphatic rings. The highest BCUT2D eigenvalue weighted by Crippen LogP contribution is 2.38. The van der Waals surface area contributed by atoms with Crippen LogP contribution in [0.1, 0.15) is 45.5 Å². The summed E-state index contributed by atoms with van der Waals surface area (Å²) in [6, 6.07) is 1.94. The fraction of sp³-hybridized carbons (Fsp3) is 0.500. The third-order valence-electron chi connectivity index (χ3n) is 7.04. The number of imidazole rings is 1. The molecular weight excluding hydrogens is 691 g/mol. The molecule has 0 saturated heterocycles. The number of anilines is 2. The monoisotopic (exact) mass is 739 g/mol. The number of nitrogens with zero attached hydrogens (tertiary/aromatic N) is 3. The third-order valence-corrected chi connectivity index (χ3v) is 8.74. The van der Waals surface area contributed by atoms with Crippen LogP contribution in [0.15, 0.2) is 49.7 Å². The molecule has 17 heteroatoms. The van der Waals surface area contributed by atoms with Gasteiger partial charge in [-0.15, -0.1) is 13.2 Å². The first-order valence-corrected chi connectivity index (χ1v) is 19.7. The van der Waals surface area contributed by atoms with E-state index < -0.39 is 68.1 Å². The summed E-state index contributed by atoms with van der Waals surface area (Å²) in [4.78, 5) is 56.0. The average Bonchev–Trinajstić information content (AvgIpc) is 3.44. The highest BCUT2D eigenvalue weighted by Gasteiger charge is 2.48. The van der Waals surface area contributed by atoms with Crippen molar-refractivity contribution in [3.63, 3.8) is 0 Å². The van der Waals surface area contributed by atoms with Crippen LogP contribution in [0.4, 0.5) is 34.1 Å². The number of esters is 1. The van der Waals surface area contributed by atoms with E-state index in [1.54, 1.807) is 31.4 Å². The summed E-state index contributed by atoms with van der Waals surface area (Å²) in [5.74, 6) is -3.31. The van der Waals surface area contributed by atoms with Crippen LogP contribution >= 0.6 is 0 Å². The number of alkyl halides is 3. The predicted molar refractivity (Wildman–Crippen MR) is 189 cm³/mol. The van der Waals surface area contributed by atoms with Crippen molar-refractivity contribution in [1.29, 1.82) is 0 Å². The molecule has 13 nitrogen and oxygen atoms in total. The molecule has 0 radical (unpaired) electrons. The fourth-order valence-electron chi connectivity index (χ4n) is 4.68. The van der Waals surface area contributed by atoms with Crippen molar-refractivity contribution in [1.82, 2.24) is 14.9 Å². The molecule has 0 fully saturated rings. The number of aromatic nitrogens is 2. The Morgan fingerprint density at radius 2 is 1.67 bits per heavy atom. The van der Waals surface area contributed by atoms with E-state index in [2.05, 4.69) is 48.2 Å². The van der Waals surface area contributed by atoms with Crippen molar-refractivity contribution >= 4 is 43.5 Å². The average molecular weight is 740 g/mol. The number of hydrogen-bond donors (Lipinski definition) is 2. The normalized spacial score (nSPS) is 13.0. The van der Waals surface area contributed by atoms with Gasteiger partial charge >= 0.3 is 30.2 Å². The summed E-state index contributed by atoms with van der Waals surface area (Å²) in [6.07, 6.45) is -3.20. The number of benzene rings is 1. The highest BCUT2D eigenvalue weighted by atomic mass is 28.3. The largest absolute Gasteiger partial charge is 0.471 e. The van der Waals surface area contributed by atoms with Crippen LogP contribution in [0, 0.1) is 0 Å². The van der Waals surface area contributed by atoms with Gasteiger partial charge in [0.2, 0.25) is 0 Å². The third kappa shape index (κ3) is 12.9. The standard InChI is InChI=1S/C34H48F3N5O8Si/c1-11-13-24(40-32(46)50-33(3,4)5)28-39-25(20-41(28)21-49-17-18-51(8,9)10)23-16-15-22(38-31(45)48-7)19-27(23)42(30(44)34(35,36)37)26(14-12-2)29(43)47-6/h11-12,15-16,19-20,24,26H,1-2,13-14,17-18,21H2,3-10H3,(H,38,45)(H,40,46)/t24-,26+/m0/s1. The van der Waals surface area contributed by atoms with Gasteiger partial charge in [-0.1, -0.05) is 31.8 Å². The van der Waals surface area contributed by atoms with Crippen LogP contribution in [-0.2, 0) is 35.3 Å². The van der Waals surface area contributed by atoms with Gasteiger partial charge in [0, 0.05) is 32.1 Å². The van der Waals surface area contributed by atoms with Crippen molar-refractivity contribution in [2.24, 2.45) is 0 Å². The summed E-state index contributed by atoms with van der Waals surface area (Å²) in [5.41, 5.74) is -1.33. The Balaban J connectivity index is 2.93. The van der Waals surface area contributed by atoms with Crippen molar-refractivity contribution in [2.75, 3.05) is 31.0 Å². The Bertz CT molecular complexity index is 1570. The quantitative estimate of drug-likeness (QED) is 0.0599. The molecule has 282 valence electrons. The number of hydrogen-bond acceptors (Lipinski definition) is 9. The lowest BCUT2D eigenvalue weighted by molar-refractivity contribution is -0.172. The van der Waals surface area contributed by atoms with E-state index in [0.29, 0.717) is 6.61 Å². The Morgan fingerprint density at radius 1 is 1.02 bits per heavy atom. The minimum absolute atomic E-state index is 0.0423. The zero-order valence-electron chi connectivity index (χ0n) is 30.3. The molecule has 0 saturated carbocycles. The maximum absolute atomic E-state index is 14.3. The first-order chi connectivity index (χ1) is 23.6. The minimum atomic E-state index is -5.45. The lowest BCUT2D eigenvalue weighted by Gasteiger charge is -2.31. The molecule has 2 N–H and O–H groups in total. The molecule has 2 atom stereocenters. The second kappa shape index (κ2) is 18.0. The van der Waals surface area contributed by atoms with E-state index in [4.69, 9.17) is 19.2 Å². The Labute approximate surface area is 297 Å². The van der Waals surface area contributed by atoms with Gasteiger partial charge in [-0.05, 0) is 57.9 Å². The van der Waals surface area contributed by atoms with Gasteiger partial charge in [0.05, 0.1) is 31.6 Å². The van der Waals surface area contributed by atoms with Crippen LogP contribution in [-0.4, -0.2) is 80.3 Å². The van der Waals surface area contributed by atoms with Crippen LogP contribution in [0.5, 0.6) is 0 Å². The van der Waals surface area contributed by atoms with E-state index in [0.717, 1.165) is 26.3 Å². The van der Waals surface area contributed by atoms with E-state index in [1.165, 1.54) is 24.4 Å². The predicted octanol–water partition coefficient (Wildman–Crippen LogP) is 7.20. The first kappa shape index (κ1) is 42.5. The topological polar surface area (TPSA) is 150 Å². The molecule has 0 aliphatic heterocycles. The molecule has 1 aromatic heterocycles. The van der Waals surface area contributed by atoms with Crippen LogP contribution in [0.2, 0.25) is 25.7 Å². The number of amides is 3. The highest BCUT2D eigenvalue weighted by molar-refractivity contribution is 6.76. The van der Waals surface area contributed by atoms with Crippen molar-refractivity contribution in [3.05, 3.63) is 55.5 Å². The Kier molecular flexibility index (Phi) is 15.0. The fourth-order valence-corrected chi connectivity index (χ4v) is 5.44. The molecule has 0 aliphatic carbocycles. The van der Waals surface area contributed by atoms with Crippen molar-refractivity contribution in [2.45, 2.75) is 89.9 Å². The van der Waals surface area contributed by atoms with Gasteiger partial charge in [-0.25, -0.2) is 19.4 Å². The molecule has 2 rings (SSSR count). The van der Waals surface area contributed by atoms with Gasteiger partial charge in [0.25, 0.3) is 0 Å². The van der Waals surface area contributed by atoms with Crippen LogP contribution < -0.4 is 15.5 Å². The summed E-state index contributed by atoms with van der Waals surface area (Å²) in [5, 5.41) is 5.13. The van der Waals surface area contributed by atoms with E-state index in [1.807, 2.05) is 0 Å². The summed E-state index contributed by atoms with van der Waals surface area (Å²) in [6.45, 7) is 19.3. The van der Waals surface area contributed by atoms with Crippen molar-refractivity contribution < 1.29 is 51.3 Å². The summed E-state index contributed by atoms with van der Waals surface area (Å²) >= 11 is 0. The summed E-state index contributed by atoms with van der Waals surface area (Å²) in [7, 11) is 0.578. The molecular formula is C34H48F3N5O8Si. The van der Waals surface area contributed by atoms with Crippen LogP contribution in [0.3, 0.4) is 0 Å². The number of carbonyl (C=O) groups is 4. The number of carbonyl (C=O) groups excluding carboxylic acids is 4. The smallest absolute Gasteiger partial charge is 0.467 e. The summed E-state index contributed by atoms with van der Waals surface area (Å²) < 4.78 is 65.2. The lowest BCUT2D eigenvalue weighted by atomic mass is 10.0. The molecule has 3 amide bonds. The van der Waals surface area contributed by atoms with Gasteiger partial charge in [0.15, 0.2) is 0 Å². The number of methoxy groups -OCH3 is 2. The second-order valence-corrected chi connectivity index (χ2v) is 19.2. The number of halogens is 3. The van der Waals surface area contributed by atoms with E-state index >= 15 is 0 Å². The number of rotatable bonds is 16. The molecule has 1 aromatic carbocycles. The maximum atomic E-state index is 14.3. The maximum Gasteiger partial charge on any atom is 0.471 e. The molecule has 51 heavy (non-hydrogen) atoms.